The Bertz CT molecular complexity index is 1250. The molecule has 0 N–H and O–H groups in total. The Balaban J connectivity index is 1.47. The lowest BCUT2D eigenvalue weighted by Gasteiger charge is -2.20. The molecule has 5 rings (SSSR count). The van der Waals surface area contributed by atoms with Crippen molar-refractivity contribution in [3.63, 3.8) is 0 Å². The fourth-order valence-corrected chi connectivity index (χ4v) is 4.71. The van der Waals surface area contributed by atoms with Gasteiger partial charge >= 0.3 is 0 Å². The summed E-state index contributed by atoms with van der Waals surface area (Å²) in [7, 11) is 0. The molecule has 0 bridgehead atoms. The number of pyridine rings is 1. The van der Waals surface area contributed by atoms with Crippen LogP contribution >= 0.6 is 23.4 Å². The first kappa shape index (κ1) is 21.6. The van der Waals surface area contributed by atoms with Gasteiger partial charge in [-0.05, 0) is 61.0 Å². The maximum atomic E-state index is 6.42. The minimum Gasteiger partial charge on any atom is -0.494 e. The molecule has 0 amide bonds. The Kier molecular flexibility index (Phi) is 6.37. The molecule has 1 aliphatic heterocycles. The van der Waals surface area contributed by atoms with Gasteiger partial charge < -0.3 is 14.2 Å². The first-order valence-electron chi connectivity index (χ1n) is 10.5. The highest BCUT2D eigenvalue weighted by Crippen LogP contribution is 2.40. The summed E-state index contributed by atoms with van der Waals surface area (Å²) in [5, 5.41) is 10.3. The molecule has 9 heteroatoms. The zero-order valence-corrected chi connectivity index (χ0v) is 19.5. The third-order valence-corrected chi connectivity index (χ3v) is 6.28. The predicted molar refractivity (Wildman–Crippen MR) is 128 cm³/mol. The lowest BCUT2D eigenvalue weighted by atomic mass is 10.2. The van der Waals surface area contributed by atoms with E-state index in [1.807, 2.05) is 60.0 Å². The van der Waals surface area contributed by atoms with Crippen molar-refractivity contribution in [2.24, 2.45) is 0 Å². The molecule has 7 nitrogen and oxygen atoms in total. The standard InChI is InChI=1S/C24H21ClN4O3S/c1-2-30-19-5-3-18(4-6-19)29-23(17-7-9-26-10-8-17)27-28-24(29)33-15-16-13-20(25)22-21(14-16)31-11-12-32-22/h3-10,13-14H,2,11-12,15H2,1H3. The Labute approximate surface area is 200 Å². The van der Waals surface area contributed by atoms with Gasteiger partial charge in [0.25, 0.3) is 0 Å². The van der Waals surface area contributed by atoms with Crippen LogP contribution in [0.4, 0.5) is 0 Å². The Hall–Kier alpha value is -3.23. The lowest BCUT2D eigenvalue weighted by molar-refractivity contribution is 0.171. The van der Waals surface area contributed by atoms with Gasteiger partial charge in [0.15, 0.2) is 22.5 Å². The van der Waals surface area contributed by atoms with Crippen LogP contribution in [0.5, 0.6) is 17.2 Å². The van der Waals surface area contributed by atoms with Gasteiger partial charge in [-0.2, -0.15) is 0 Å². The molecule has 0 aliphatic carbocycles. The summed E-state index contributed by atoms with van der Waals surface area (Å²) < 4.78 is 19.0. The first-order valence-corrected chi connectivity index (χ1v) is 11.9. The monoisotopic (exact) mass is 480 g/mol. The van der Waals surface area contributed by atoms with E-state index >= 15 is 0 Å². The van der Waals surface area contributed by atoms with E-state index in [0.29, 0.717) is 42.1 Å². The number of hydrogen-bond donors (Lipinski definition) is 0. The third kappa shape index (κ3) is 4.62. The van der Waals surface area contributed by atoms with Crippen LogP contribution in [0.1, 0.15) is 12.5 Å². The van der Waals surface area contributed by atoms with Gasteiger partial charge in [0.1, 0.15) is 19.0 Å². The van der Waals surface area contributed by atoms with Crippen molar-refractivity contribution in [2.75, 3.05) is 19.8 Å². The van der Waals surface area contributed by atoms with E-state index in [1.54, 1.807) is 24.2 Å². The van der Waals surface area contributed by atoms with Gasteiger partial charge in [-0.3, -0.25) is 9.55 Å². The largest absolute Gasteiger partial charge is 0.494 e. The molecule has 2 aromatic carbocycles. The molecule has 0 radical (unpaired) electrons. The molecule has 3 heterocycles. The van der Waals surface area contributed by atoms with E-state index in [9.17, 15) is 0 Å². The topological polar surface area (TPSA) is 71.3 Å². The van der Waals surface area contributed by atoms with E-state index in [0.717, 1.165) is 33.5 Å². The van der Waals surface area contributed by atoms with Crippen LogP contribution in [0.15, 0.2) is 66.1 Å². The van der Waals surface area contributed by atoms with Crippen molar-refractivity contribution < 1.29 is 14.2 Å². The summed E-state index contributed by atoms with van der Waals surface area (Å²) in [6, 6.07) is 15.6. The Morgan fingerprint density at radius 1 is 1.03 bits per heavy atom. The molecule has 1 aliphatic rings. The highest BCUT2D eigenvalue weighted by atomic mass is 35.5. The number of nitrogens with zero attached hydrogens (tertiary/aromatic N) is 4. The average Bonchev–Trinajstić information content (AvgIpc) is 3.28. The van der Waals surface area contributed by atoms with Gasteiger partial charge in [0, 0.05) is 29.4 Å². The fraction of sp³-hybridized carbons (Fsp3) is 0.208. The van der Waals surface area contributed by atoms with E-state index < -0.39 is 0 Å². The molecule has 0 saturated heterocycles. The van der Waals surface area contributed by atoms with Crippen molar-refractivity contribution in [3.05, 3.63) is 71.5 Å². The molecular weight excluding hydrogens is 460 g/mol. The van der Waals surface area contributed by atoms with Crippen molar-refractivity contribution in [1.29, 1.82) is 0 Å². The molecule has 0 unspecified atom stereocenters. The van der Waals surface area contributed by atoms with Gasteiger partial charge in [0.05, 0.1) is 11.6 Å². The molecule has 2 aromatic heterocycles. The van der Waals surface area contributed by atoms with Crippen molar-refractivity contribution in [3.8, 4) is 34.3 Å². The highest BCUT2D eigenvalue weighted by Gasteiger charge is 2.19. The van der Waals surface area contributed by atoms with Gasteiger partial charge in [-0.25, -0.2) is 0 Å². The van der Waals surface area contributed by atoms with E-state index in [2.05, 4.69) is 15.2 Å². The molecule has 0 saturated carbocycles. The van der Waals surface area contributed by atoms with Crippen molar-refractivity contribution in [2.45, 2.75) is 17.8 Å². The number of benzene rings is 2. The molecule has 33 heavy (non-hydrogen) atoms. The summed E-state index contributed by atoms with van der Waals surface area (Å²) in [6.07, 6.45) is 3.49. The number of hydrogen-bond acceptors (Lipinski definition) is 7. The normalized spacial score (nSPS) is 12.5. The van der Waals surface area contributed by atoms with E-state index in [1.165, 1.54) is 0 Å². The number of aromatic nitrogens is 4. The SMILES string of the molecule is CCOc1ccc(-n2c(SCc3cc(Cl)c4c(c3)OCCO4)nnc2-c2ccncc2)cc1. The van der Waals surface area contributed by atoms with Crippen molar-refractivity contribution >= 4 is 23.4 Å². The smallest absolute Gasteiger partial charge is 0.196 e. The van der Waals surface area contributed by atoms with Gasteiger partial charge in [0.2, 0.25) is 0 Å². The summed E-state index contributed by atoms with van der Waals surface area (Å²) in [5.41, 5.74) is 2.89. The van der Waals surface area contributed by atoms with Crippen LogP contribution in [-0.4, -0.2) is 39.6 Å². The molecule has 4 aromatic rings. The van der Waals surface area contributed by atoms with Gasteiger partial charge in [-0.15, -0.1) is 10.2 Å². The van der Waals surface area contributed by atoms with Crippen LogP contribution in [-0.2, 0) is 5.75 Å². The molecule has 0 atom stereocenters. The summed E-state index contributed by atoms with van der Waals surface area (Å²) in [4.78, 5) is 4.12. The van der Waals surface area contributed by atoms with Crippen LogP contribution < -0.4 is 14.2 Å². The molecule has 168 valence electrons. The second kappa shape index (κ2) is 9.72. The number of thioether (sulfide) groups is 1. The zero-order valence-electron chi connectivity index (χ0n) is 17.9. The summed E-state index contributed by atoms with van der Waals surface area (Å²) in [5.74, 6) is 3.48. The predicted octanol–water partition coefficient (Wildman–Crippen LogP) is 5.44. The van der Waals surface area contributed by atoms with Crippen LogP contribution in [0, 0.1) is 0 Å². The zero-order chi connectivity index (χ0) is 22.6. The minimum absolute atomic E-state index is 0.504. The second-order valence-electron chi connectivity index (χ2n) is 7.19. The number of rotatable bonds is 7. The van der Waals surface area contributed by atoms with Gasteiger partial charge in [-0.1, -0.05) is 23.4 Å². The van der Waals surface area contributed by atoms with Crippen LogP contribution in [0.3, 0.4) is 0 Å². The third-order valence-electron chi connectivity index (χ3n) is 5.00. The maximum Gasteiger partial charge on any atom is 0.196 e. The molecular formula is C24H21ClN4O3S. The average molecular weight is 481 g/mol. The quantitative estimate of drug-likeness (QED) is 0.326. The number of fused-ring (bicyclic) bond motifs is 1. The first-order chi connectivity index (χ1) is 16.2. The Morgan fingerprint density at radius 2 is 1.82 bits per heavy atom. The Morgan fingerprint density at radius 3 is 2.61 bits per heavy atom. The summed E-state index contributed by atoms with van der Waals surface area (Å²) in [6.45, 7) is 3.60. The molecule has 0 fully saturated rings. The second-order valence-corrected chi connectivity index (χ2v) is 8.54. The fourth-order valence-electron chi connectivity index (χ4n) is 3.54. The lowest BCUT2D eigenvalue weighted by Crippen LogP contribution is -2.15. The molecule has 0 spiro atoms. The number of halogens is 1. The minimum atomic E-state index is 0.504. The van der Waals surface area contributed by atoms with Crippen LogP contribution in [0.2, 0.25) is 5.02 Å². The highest BCUT2D eigenvalue weighted by molar-refractivity contribution is 7.98. The van der Waals surface area contributed by atoms with E-state index in [4.69, 9.17) is 25.8 Å². The number of ether oxygens (including phenoxy) is 3. The maximum absolute atomic E-state index is 6.42. The summed E-state index contributed by atoms with van der Waals surface area (Å²) >= 11 is 7.99. The van der Waals surface area contributed by atoms with E-state index in [-0.39, 0.29) is 0 Å². The van der Waals surface area contributed by atoms with Crippen LogP contribution in [0.25, 0.3) is 17.1 Å². The van der Waals surface area contributed by atoms with Crippen molar-refractivity contribution in [1.82, 2.24) is 19.7 Å².